The van der Waals surface area contributed by atoms with Crippen molar-refractivity contribution in [3.05, 3.63) is 12.2 Å². The van der Waals surface area contributed by atoms with Gasteiger partial charge in [0.15, 0.2) is 0 Å². The highest BCUT2D eigenvalue weighted by atomic mass is 19.4. The van der Waals surface area contributed by atoms with Crippen molar-refractivity contribution < 1.29 is 37.3 Å². The van der Waals surface area contributed by atoms with Gasteiger partial charge in [-0.15, -0.1) is 0 Å². The highest BCUT2D eigenvalue weighted by Gasteiger charge is 2.64. The minimum absolute atomic E-state index is 0.189. The molecule has 1 aliphatic heterocycles. The summed E-state index contributed by atoms with van der Waals surface area (Å²) in [5.41, 5.74) is -1.90. The summed E-state index contributed by atoms with van der Waals surface area (Å²) in [5.74, 6) is -3.88. The van der Waals surface area contributed by atoms with Gasteiger partial charge in [-0.1, -0.05) is 13.0 Å². The van der Waals surface area contributed by atoms with E-state index in [1.54, 1.807) is 20.8 Å². The van der Waals surface area contributed by atoms with Gasteiger partial charge in [-0.2, -0.15) is 13.2 Å². The summed E-state index contributed by atoms with van der Waals surface area (Å²) in [5, 5.41) is 9.80. The van der Waals surface area contributed by atoms with Gasteiger partial charge in [0.05, 0.1) is 17.8 Å². The summed E-state index contributed by atoms with van der Waals surface area (Å²) in [6, 6.07) is 0. The number of halogens is 3. The number of esters is 1. The molecule has 0 aromatic heterocycles. The molecule has 1 heterocycles. The van der Waals surface area contributed by atoms with Crippen LogP contribution in [0.25, 0.3) is 0 Å². The first-order valence-electron chi connectivity index (χ1n) is 9.19. The van der Waals surface area contributed by atoms with Crippen LogP contribution in [0.1, 0.15) is 59.8 Å². The average Bonchev–Trinajstić information content (AvgIpc) is 2.82. The van der Waals surface area contributed by atoms with Crippen molar-refractivity contribution in [2.75, 3.05) is 6.61 Å². The van der Waals surface area contributed by atoms with Gasteiger partial charge in [0.1, 0.15) is 6.10 Å². The fraction of sp³-hybridized carbons (Fsp3) is 0.842. The van der Waals surface area contributed by atoms with Gasteiger partial charge in [-0.3, -0.25) is 0 Å². The molecule has 1 N–H and O–H groups in total. The molecule has 8 heteroatoms. The number of hydrogen-bond donors (Lipinski definition) is 1. The lowest BCUT2D eigenvalue weighted by Gasteiger charge is -2.45. The summed E-state index contributed by atoms with van der Waals surface area (Å²) in [6.07, 6.45) is -2.81. The average molecular weight is 394 g/mol. The monoisotopic (exact) mass is 394 g/mol. The molecule has 0 aromatic carbocycles. The topological polar surface area (TPSA) is 65.0 Å². The molecule has 0 spiro atoms. The van der Waals surface area contributed by atoms with Gasteiger partial charge in [-0.25, -0.2) is 4.79 Å². The van der Waals surface area contributed by atoms with Crippen LogP contribution in [0.15, 0.2) is 12.2 Å². The van der Waals surface area contributed by atoms with Gasteiger partial charge in [0.25, 0.3) is 5.79 Å². The van der Waals surface area contributed by atoms with Crippen LogP contribution < -0.4 is 0 Å². The maximum absolute atomic E-state index is 13.1. The van der Waals surface area contributed by atoms with Crippen molar-refractivity contribution in [1.82, 2.24) is 0 Å². The van der Waals surface area contributed by atoms with Gasteiger partial charge < -0.3 is 19.3 Å². The molecular formula is C19H29F3O5. The van der Waals surface area contributed by atoms with Crippen molar-refractivity contribution in [3.8, 4) is 0 Å². The van der Waals surface area contributed by atoms with E-state index in [1.165, 1.54) is 6.92 Å². The molecule has 2 fully saturated rings. The molecule has 0 radical (unpaired) electrons. The largest absolute Gasteiger partial charge is 0.459 e. The lowest BCUT2D eigenvalue weighted by Crippen LogP contribution is -2.51. The second-order valence-electron chi connectivity index (χ2n) is 8.52. The third kappa shape index (κ3) is 4.84. The zero-order valence-electron chi connectivity index (χ0n) is 16.3. The van der Waals surface area contributed by atoms with Crippen molar-refractivity contribution >= 4 is 5.97 Å². The Labute approximate surface area is 157 Å². The van der Waals surface area contributed by atoms with Gasteiger partial charge >= 0.3 is 12.1 Å². The van der Waals surface area contributed by atoms with Crippen LogP contribution >= 0.6 is 0 Å². The van der Waals surface area contributed by atoms with Crippen LogP contribution in [0.3, 0.4) is 0 Å². The Balaban J connectivity index is 2.14. The number of hydrogen-bond acceptors (Lipinski definition) is 5. The first-order chi connectivity index (χ1) is 12.2. The fourth-order valence-electron chi connectivity index (χ4n) is 4.11. The maximum Gasteiger partial charge on any atom is 0.443 e. The summed E-state index contributed by atoms with van der Waals surface area (Å²) in [6.45, 7) is 9.82. The molecule has 2 rings (SSSR count). The highest BCUT2D eigenvalue weighted by molar-refractivity contribution is 5.87. The third-order valence-electron chi connectivity index (χ3n) is 5.38. The van der Waals surface area contributed by atoms with Crippen LogP contribution in [0.2, 0.25) is 0 Å². The number of carbonyl (C=O) groups is 1. The first kappa shape index (κ1) is 22.2. The first-order valence-corrected chi connectivity index (χ1v) is 9.19. The number of alkyl halides is 3. The molecule has 27 heavy (non-hydrogen) atoms. The SMILES string of the molecule is C=C(C)C(=O)OC1CCCCC1C(C)(C)OC1(C)COC(O)(C(F)(F)F)C1. The second kappa shape index (κ2) is 7.37. The molecule has 0 bridgehead atoms. The number of carbonyl (C=O) groups excluding carboxylic acids is 1. The van der Waals surface area contributed by atoms with Crippen molar-refractivity contribution in [2.45, 2.75) is 89.1 Å². The summed E-state index contributed by atoms with van der Waals surface area (Å²) < 4.78 is 55.5. The predicted octanol–water partition coefficient (Wildman–Crippen LogP) is 3.89. The van der Waals surface area contributed by atoms with Crippen LogP contribution in [-0.2, 0) is 19.0 Å². The van der Waals surface area contributed by atoms with E-state index in [2.05, 4.69) is 11.3 Å². The van der Waals surface area contributed by atoms with Crippen LogP contribution in [0.4, 0.5) is 13.2 Å². The van der Waals surface area contributed by atoms with E-state index < -0.39 is 41.7 Å². The van der Waals surface area contributed by atoms with E-state index in [1.807, 2.05) is 0 Å². The van der Waals surface area contributed by atoms with Crippen LogP contribution in [0, 0.1) is 5.92 Å². The van der Waals surface area contributed by atoms with Gasteiger partial charge in [0, 0.05) is 17.9 Å². The number of aliphatic hydroxyl groups is 1. The lowest BCUT2D eigenvalue weighted by atomic mass is 9.76. The number of rotatable bonds is 5. The molecule has 0 amide bonds. The molecule has 2 aliphatic rings. The fourth-order valence-corrected chi connectivity index (χ4v) is 4.11. The zero-order chi connectivity index (χ0) is 20.7. The standard InChI is InChI=1S/C19H29F3O5/c1-12(2)15(23)26-14-9-7-6-8-13(14)16(3,4)27-17(5)10-18(24,25-11-17)19(20,21)22/h13-14,24H,1,6-11H2,2-5H3. The molecule has 4 atom stereocenters. The Morgan fingerprint density at radius 3 is 2.37 bits per heavy atom. The molecule has 156 valence electrons. The quantitative estimate of drug-likeness (QED) is 0.566. The molecule has 0 aromatic rings. The van der Waals surface area contributed by atoms with Crippen LogP contribution in [-0.4, -0.2) is 47.0 Å². The Hall–Kier alpha value is -1.12. The van der Waals surface area contributed by atoms with Crippen LogP contribution in [0.5, 0.6) is 0 Å². The highest BCUT2D eigenvalue weighted by Crippen LogP contribution is 2.47. The molecule has 1 aliphatic carbocycles. The van der Waals surface area contributed by atoms with E-state index in [-0.39, 0.29) is 12.5 Å². The normalized spacial score (nSPS) is 35.1. The van der Waals surface area contributed by atoms with Crippen molar-refractivity contribution in [2.24, 2.45) is 5.92 Å². The zero-order valence-corrected chi connectivity index (χ0v) is 16.3. The van der Waals surface area contributed by atoms with E-state index >= 15 is 0 Å². The Bertz CT molecular complexity index is 588. The minimum Gasteiger partial charge on any atom is -0.459 e. The molecule has 1 saturated carbocycles. The van der Waals surface area contributed by atoms with Gasteiger partial charge in [0.2, 0.25) is 0 Å². The van der Waals surface area contributed by atoms with E-state index in [0.29, 0.717) is 12.0 Å². The van der Waals surface area contributed by atoms with E-state index in [0.717, 1.165) is 19.3 Å². The molecular weight excluding hydrogens is 365 g/mol. The Morgan fingerprint density at radius 2 is 1.85 bits per heavy atom. The van der Waals surface area contributed by atoms with E-state index in [9.17, 15) is 23.1 Å². The van der Waals surface area contributed by atoms with E-state index in [4.69, 9.17) is 9.47 Å². The smallest absolute Gasteiger partial charge is 0.443 e. The Morgan fingerprint density at radius 1 is 1.26 bits per heavy atom. The predicted molar refractivity (Wildman–Crippen MR) is 91.8 cm³/mol. The summed E-state index contributed by atoms with van der Waals surface area (Å²) in [4.78, 5) is 11.9. The van der Waals surface area contributed by atoms with Crippen molar-refractivity contribution in [1.29, 1.82) is 0 Å². The Kier molecular flexibility index (Phi) is 6.05. The third-order valence-corrected chi connectivity index (χ3v) is 5.38. The maximum atomic E-state index is 13.1. The minimum atomic E-state index is -4.90. The molecule has 1 saturated heterocycles. The lowest BCUT2D eigenvalue weighted by molar-refractivity contribution is -0.349. The number of ether oxygens (including phenoxy) is 3. The summed E-state index contributed by atoms with van der Waals surface area (Å²) >= 11 is 0. The molecule has 5 nitrogen and oxygen atoms in total. The summed E-state index contributed by atoms with van der Waals surface area (Å²) in [7, 11) is 0. The second-order valence-corrected chi connectivity index (χ2v) is 8.52. The van der Waals surface area contributed by atoms with Crippen molar-refractivity contribution in [3.63, 3.8) is 0 Å². The van der Waals surface area contributed by atoms with Gasteiger partial charge in [-0.05, 0) is 47.0 Å². The molecule has 4 unspecified atom stereocenters.